The summed E-state index contributed by atoms with van der Waals surface area (Å²) in [4.78, 5) is 31.0. The molecule has 126 valence electrons. The topological polar surface area (TPSA) is 70.5 Å². The SMILES string of the molecule is Cc1nc(-c2ccccc2)sc1C(=O)N(CC(C)C(=O)O)C1CC1. The zero-order valence-corrected chi connectivity index (χ0v) is 14.5. The third-order valence-corrected chi connectivity index (χ3v) is 5.35. The molecule has 0 saturated heterocycles. The molecule has 0 bridgehead atoms. The van der Waals surface area contributed by atoms with Crippen molar-refractivity contribution in [2.75, 3.05) is 6.54 Å². The van der Waals surface area contributed by atoms with Gasteiger partial charge in [0.2, 0.25) is 0 Å². The van der Waals surface area contributed by atoms with Gasteiger partial charge >= 0.3 is 5.97 Å². The Kier molecular flexibility index (Phi) is 4.66. The van der Waals surface area contributed by atoms with E-state index in [4.69, 9.17) is 5.11 Å². The number of carboxylic acid groups (broad SMARTS) is 1. The van der Waals surface area contributed by atoms with E-state index >= 15 is 0 Å². The van der Waals surface area contributed by atoms with Crippen molar-refractivity contribution in [1.82, 2.24) is 9.88 Å². The number of hydrogen-bond acceptors (Lipinski definition) is 4. The molecule has 2 aromatic rings. The van der Waals surface area contributed by atoms with Gasteiger partial charge in [0.15, 0.2) is 0 Å². The van der Waals surface area contributed by atoms with Crippen LogP contribution in [0.25, 0.3) is 10.6 Å². The number of carbonyl (C=O) groups is 2. The maximum Gasteiger partial charge on any atom is 0.308 e. The molecule has 1 fully saturated rings. The molecule has 6 heteroatoms. The van der Waals surface area contributed by atoms with Crippen LogP contribution in [-0.4, -0.2) is 39.5 Å². The molecule has 1 N–H and O–H groups in total. The van der Waals surface area contributed by atoms with Gasteiger partial charge in [-0.2, -0.15) is 0 Å². The van der Waals surface area contributed by atoms with Crippen molar-refractivity contribution in [1.29, 1.82) is 0 Å². The van der Waals surface area contributed by atoms with Crippen LogP contribution in [0, 0.1) is 12.8 Å². The molecule has 1 heterocycles. The highest BCUT2D eigenvalue weighted by molar-refractivity contribution is 7.17. The minimum atomic E-state index is -0.876. The van der Waals surface area contributed by atoms with Crippen molar-refractivity contribution in [3.8, 4) is 10.6 Å². The molecule has 1 aromatic heterocycles. The van der Waals surface area contributed by atoms with Crippen LogP contribution in [-0.2, 0) is 4.79 Å². The van der Waals surface area contributed by atoms with Gasteiger partial charge in [0, 0.05) is 18.2 Å². The Morgan fingerprint density at radius 3 is 2.58 bits per heavy atom. The van der Waals surface area contributed by atoms with Gasteiger partial charge in [-0.05, 0) is 19.8 Å². The van der Waals surface area contributed by atoms with Crippen LogP contribution in [0.1, 0.15) is 35.1 Å². The third-order valence-electron chi connectivity index (χ3n) is 4.15. The minimum absolute atomic E-state index is 0.0946. The first-order valence-electron chi connectivity index (χ1n) is 8.04. The molecule has 1 unspecified atom stereocenters. The number of nitrogens with zero attached hydrogens (tertiary/aromatic N) is 2. The smallest absolute Gasteiger partial charge is 0.308 e. The summed E-state index contributed by atoms with van der Waals surface area (Å²) in [6, 6.07) is 9.94. The maximum absolute atomic E-state index is 13.0. The first-order chi connectivity index (χ1) is 11.5. The molecule has 0 spiro atoms. The number of benzene rings is 1. The molecular weight excluding hydrogens is 324 g/mol. The maximum atomic E-state index is 13.0. The molecule has 0 radical (unpaired) electrons. The van der Waals surface area contributed by atoms with Crippen LogP contribution in [0.5, 0.6) is 0 Å². The van der Waals surface area contributed by atoms with E-state index in [1.807, 2.05) is 37.3 Å². The van der Waals surface area contributed by atoms with Crippen molar-refractivity contribution in [2.24, 2.45) is 5.92 Å². The Labute approximate surface area is 145 Å². The van der Waals surface area contributed by atoms with Gasteiger partial charge in [-0.15, -0.1) is 11.3 Å². The Morgan fingerprint density at radius 1 is 1.33 bits per heavy atom. The zero-order chi connectivity index (χ0) is 17.3. The second-order valence-electron chi connectivity index (χ2n) is 6.23. The number of carbonyl (C=O) groups excluding carboxylic acids is 1. The first kappa shape index (κ1) is 16.6. The summed E-state index contributed by atoms with van der Waals surface area (Å²) in [7, 11) is 0. The summed E-state index contributed by atoms with van der Waals surface area (Å²) in [5, 5.41) is 9.96. The van der Waals surface area contributed by atoms with Crippen LogP contribution in [0.2, 0.25) is 0 Å². The Morgan fingerprint density at radius 2 is 2.00 bits per heavy atom. The fourth-order valence-corrected chi connectivity index (χ4v) is 3.61. The summed E-state index contributed by atoms with van der Waals surface area (Å²) >= 11 is 1.38. The summed E-state index contributed by atoms with van der Waals surface area (Å²) in [5.74, 6) is -1.54. The Balaban J connectivity index is 1.85. The number of amides is 1. The largest absolute Gasteiger partial charge is 0.481 e. The van der Waals surface area contributed by atoms with Crippen LogP contribution in [0.3, 0.4) is 0 Å². The van der Waals surface area contributed by atoms with Crippen molar-refractivity contribution >= 4 is 23.2 Å². The van der Waals surface area contributed by atoms with E-state index in [-0.39, 0.29) is 18.5 Å². The van der Waals surface area contributed by atoms with Crippen molar-refractivity contribution in [3.05, 3.63) is 40.9 Å². The van der Waals surface area contributed by atoms with E-state index in [1.165, 1.54) is 11.3 Å². The van der Waals surface area contributed by atoms with Crippen molar-refractivity contribution < 1.29 is 14.7 Å². The second-order valence-corrected chi connectivity index (χ2v) is 7.23. The number of thiazole rings is 1. The molecule has 1 saturated carbocycles. The molecule has 0 aliphatic heterocycles. The highest BCUT2D eigenvalue weighted by Crippen LogP contribution is 2.33. The molecule has 1 aliphatic rings. The normalized spacial score (nSPS) is 15.1. The zero-order valence-electron chi connectivity index (χ0n) is 13.7. The summed E-state index contributed by atoms with van der Waals surface area (Å²) in [6.07, 6.45) is 1.89. The van der Waals surface area contributed by atoms with E-state index < -0.39 is 11.9 Å². The van der Waals surface area contributed by atoms with Gasteiger partial charge < -0.3 is 10.0 Å². The van der Waals surface area contributed by atoms with Gasteiger partial charge in [0.25, 0.3) is 5.91 Å². The number of carboxylic acids is 1. The molecule has 5 nitrogen and oxygen atoms in total. The number of aryl methyl sites for hydroxylation is 1. The Hall–Kier alpha value is -2.21. The average molecular weight is 344 g/mol. The average Bonchev–Trinajstić information content (AvgIpc) is 3.34. The molecule has 24 heavy (non-hydrogen) atoms. The van der Waals surface area contributed by atoms with Crippen LogP contribution < -0.4 is 0 Å². The van der Waals surface area contributed by atoms with Gasteiger partial charge in [0.1, 0.15) is 9.88 Å². The van der Waals surface area contributed by atoms with E-state index in [0.29, 0.717) is 10.6 Å². The van der Waals surface area contributed by atoms with E-state index in [9.17, 15) is 9.59 Å². The lowest BCUT2D eigenvalue weighted by Gasteiger charge is -2.23. The molecule has 1 aromatic carbocycles. The predicted molar refractivity (Wildman–Crippen MR) is 93.1 cm³/mol. The molecular formula is C18H20N2O3S. The number of aliphatic carboxylic acids is 1. The van der Waals surface area contributed by atoms with E-state index in [1.54, 1.807) is 11.8 Å². The summed E-state index contributed by atoms with van der Waals surface area (Å²) in [6.45, 7) is 3.72. The highest BCUT2D eigenvalue weighted by Gasteiger charge is 2.36. The lowest BCUT2D eigenvalue weighted by atomic mass is 10.1. The van der Waals surface area contributed by atoms with E-state index in [0.717, 1.165) is 23.4 Å². The van der Waals surface area contributed by atoms with Gasteiger partial charge in [-0.1, -0.05) is 37.3 Å². The predicted octanol–water partition coefficient (Wildman–Crippen LogP) is 3.44. The van der Waals surface area contributed by atoms with Gasteiger partial charge in [0.05, 0.1) is 11.6 Å². The number of hydrogen-bond donors (Lipinski definition) is 1. The highest BCUT2D eigenvalue weighted by atomic mass is 32.1. The van der Waals surface area contributed by atoms with Crippen molar-refractivity contribution in [2.45, 2.75) is 32.7 Å². The quantitative estimate of drug-likeness (QED) is 0.871. The molecule has 1 amide bonds. The second kappa shape index (κ2) is 6.73. The monoisotopic (exact) mass is 344 g/mol. The van der Waals surface area contributed by atoms with Gasteiger partial charge in [-0.3, -0.25) is 9.59 Å². The van der Waals surface area contributed by atoms with Crippen LogP contribution in [0.15, 0.2) is 30.3 Å². The molecule has 1 aliphatic carbocycles. The summed E-state index contributed by atoms with van der Waals surface area (Å²) in [5.41, 5.74) is 1.69. The van der Waals surface area contributed by atoms with Crippen molar-refractivity contribution in [3.63, 3.8) is 0 Å². The standard InChI is InChI=1S/C18H20N2O3S/c1-11(18(22)23)10-20(14-8-9-14)17(21)15-12(2)19-16(24-15)13-6-4-3-5-7-13/h3-7,11,14H,8-10H2,1-2H3,(H,22,23). The Bertz CT molecular complexity index is 753. The van der Waals surface area contributed by atoms with Crippen LogP contribution in [0.4, 0.5) is 0 Å². The van der Waals surface area contributed by atoms with E-state index in [2.05, 4.69) is 4.98 Å². The van der Waals surface area contributed by atoms with Gasteiger partial charge in [-0.25, -0.2) is 4.98 Å². The third kappa shape index (κ3) is 3.48. The lowest BCUT2D eigenvalue weighted by Crippen LogP contribution is -2.38. The molecule has 3 rings (SSSR count). The fourth-order valence-electron chi connectivity index (χ4n) is 2.59. The molecule has 1 atom stereocenters. The lowest BCUT2D eigenvalue weighted by molar-refractivity contribution is -0.141. The first-order valence-corrected chi connectivity index (χ1v) is 8.85. The fraction of sp³-hybridized carbons (Fsp3) is 0.389. The number of aromatic nitrogens is 1. The van der Waals surface area contributed by atoms with Crippen LogP contribution >= 0.6 is 11.3 Å². The number of rotatable bonds is 6. The summed E-state index contributed by atoms with van der Waals surface area (Å²) < 4.78 is 0. The minimum Gasteiger partial charge on any atom is -0.481 e.